The van der Waals surface area contributed by atoms with Gasteiger partial charge in [-0.3, -0.25) is 9.59 Å². The number of nitrogens with one attached hydrogen (secondary N) is 2. The van der Waals surface area contributed by atoms with Gasteiger partial charge in [-0.2, -0.15) is 0 Å². The van der Waals surface area contributed by atoms with E-state index >= 15 is 0 Å². The van der Waals surface area contributed by atoms with E-state index < -0.39 is 5.60 Å². The summed E-state index contributed by atoms with van der Waals surface area (Å²) in [6.07, 6.45) is 0. The van der Waals surface area contributed by atoms with Crippen molar-refractivity contribution in [2.45, 2.75) is 26.4 Å². The average Bonchev–Trinajstić information content (AvgIpc) is 3.12. The van der Waals surface area contributed by atoms with Crippen LogP contribution in [-0.2, 0) is 10.4 Å². The standard InChI is InChI=1S/C16H20N2O4S/c1-10-7-12(11(2)22-10)15(20)17-8-14(19)18-9-16(3,21)13-5-4-6-23-13/h4-7,21H,8-9H2,1-3H3,(H,17,20)(H,18,19). The smallest absolute Gasteiger partial charge is 0.255 e. The number of carbonyl (C=O) groups is 2. The van der Waals surface area contributed by atoms with Gasteiger partial charge in [0.05, 0.1) is 18.7 Å². The van der Waals surface area contributed by atoms with Gasteiger partial charge in [0.1, 0.15) is 17.1 Å². The third-order valence-electron chi connectivity index (χ3n) is 3.38. The number of aliphatic hydroxyl groups is 1. The first-order chi connectivity index (χ1) is 10.8. The van der Waals surface area contributed by atoms with Gasteiger partial charge < -0.3 is 20.2 Å². The Balaban J connectivity index is 1.81. The van der Waals surface area contributed by atoms with Crippen LogP contribution in [0.15, 0.2) is 28.0 Å². The molecule has 0 spiro atoms. The number of aryl methyl sites for hydroxylation is 2. The van der Waals surface area contributed by atoms with Gasteiger partial charge in [-0.15, -0.1) is 11.3 Å². The number of hydrogen-bond donors (Lipinski definition) is 3. The molecule has 0 saturated heterocycles. The summed E-state index contributed by atoms with van der Waals surface area (Å²) in [5.41, 5.74) is -0.715. The second-order valence-electron chi connectivity index (χ2n) is 5.54. The fourth-order valence-corrected chi connectivity index (χ4v) is 2.90. The summed E-state index contributed by atoms with van der Waals surface area (Å²) in [6, 6.07) is 5.28. The number of furan rings is 1. The summed E-state index contributed by atoms with van der Waals surface area (Å²) >= 11 is 1.42. The van der Waals surface area contributed by atoms with Crippen LogP contribution in [0.5, 0.6) is 0 Å². The minimum atomic E-state index is -1.13. The molecule has 0 radical (unpaired) electrons. The second kappa shape index (κ2) is 6.97. The maximum Gasteiger partial charge on any atom is 0.255 e. The summed E-state index contributed by atoms with van der Waals surface area (Å²) in [7, 11) is 0. The van der Waals surface area contributed by atoms with Crippen LogP contribution in [0.2, 0.25) is 0 Å². The summed E-state index contributed by atoms with van der Waals surface area (Å²) in [5, 5.41) is 17.3. The molecular formula is C16H20N2O4S. The minimum Gasteiger partial charge on any atom is -0.466 e. The molecule has 124 valence electrons. The Kier molecular flexibility index (Phi) is 5.23. The van der Waals surface area contributed by atoms with Gasteiger partial charge in [-0.25, -0.2) is 0 Å². The van der Waals surface area contributed by atoms with E-state index in [0.717, 1.165) is 4.88 Å². The zero-order valence-electron chi connectivity index (χ0n) is 13.3. The van der Waals surface area contributed by atoms with Crippen LogP contribution in [0.1, 0.15) is 33.7 Å². The van der Waals surface area contributed by atoms with E-state index in [-0.39, 0.29) is 24.9 Å². The molecule has 2 amide bonds. The Labute approximate surface area is 138 Å². The zero-order chi connectivity index (χ0) is 17.0. The van der Waals surface area contributed by atoms with Crippen LogP contribution in [0.25, 0.3) is 0 Å². The molecule has 3 N–H and O–H groups in total. The van der Waals surface area contributed by atoms with Crippen molar-refractivity contribution in [1.29, 1.82) is 0 Å². The van der Waals surface area contributed by atoms with E-state index in [1.54, 1.807) is 26.8 Å². The molecule has 0 saturated carbocycles. The van der Waals surface area contributed by atoms with E-state index in [0.29, 0.717) is 17.1 Å². The van der Waals surface area contributed by atoms with Gasteiger partial charge in [-0.05, 0) is 38.3 Å². The molecule has 0 aliphatic carbocycles. The van der Waals surface area contributed by atoms with Gasteiger partial charge in [0.2, 0.25) is 5.91 Å². The lowest BCUT2D eigenvalue weighted by Crippen LogP contribution is -2.43. The molecule has 23 heavy (non-hydrogen) atoms. The maximum absolute atomic E-state index is 12.0. The van der Waals surface area contributed by atoms with Crippen molar-refractivity contribution in [3.63, 3.8) is 0 Å². The van der Waals surface area contributed by atoms with Crippen LogP contribution in [0, 0.1) is 13.8 Å². The van der Waals surface area contributed by atoms with Crippen LogP contribution in [0.4, 0.5) is 0 Å². The monoisotopic (exact) mass is 336 g/mol. The van der Waals surface area contributed by atoms with Crippen molar-refractivity contribution in [2.24, 2.45) is 0 Å². The first-order valence-electron chi connectivity index (χ1n) is 7.18. The highest BCUT2D eigenvalue weighted by atomic mass is 32.1. The Morgan fingerprint density at radius 2 is 2.09 bits per heavy atom. The van der Waals surface area contributed by atoms with Crippen molar-refractivity contribution in [2.75, 3.05) is 13.1 Å². The van der Waals surface area contributed by atoms with E-state index in [2.05, 4.69) is 10.6 Å². The summed E-state index contributed by atoms with van der Waals surface area (Å²) in [4.78, 5) is 24.6. The van der Waals surface area contributed by atoms with E-state index in [4.69, 9.17) is 4.42 Å². The number of hydrogen-bond acceptors (Lipinski definition) is 5. The zero-order valence-corrected chi connectivity index (χ0v) is 14.1. The van der Waals surface area contributed by atoms with Gasteiger partial charge in [-0.1, -0.05) is 6.07 Å². The number of rotatable bonds is 6. The average molecular weight is 336 g/mol. The molecule has 1 unspecified atom stereocenters. The molecule has 6 nitrogen and oxygen atoms in total. The quantitative estimate of drug-likeness (QED) is 0.749. The summed E-state index contributed by atoms with van der Waals surface area (Å²) in [5.74, 6) is 0.428. The van der Waals surface area contributed by atoms with E-state index in [9.17, 15) is 14.7 Å². The van der Waals surface area contributed by atoms with Gasteiger partial charge in [0.25, 0.3) is 5.91 Å². The predicted molar refractivity (Wildman–Crippen MR) is 87.4 cm³/mol. The molecular weight excluding hydrogens is 316 g/mol. The van der Waals surface area contributed by atoms with Crippen LogP contribution in [-0.4, -0.2) is 30.0 Å². The van der Waals surface area contributed by atoms with Crippen molar-refractivity contribution < 1.29 is 19.1 Å². The Hall–Kier alpha value is -2.12. The maximum atomic E-state index is 12.0. The lowest BCUT2D eigenvalue weighted by molar-refractivity contribution is -0.121. The van der Waals surface area contributed by atoms with Crippen molar-refractivity contribution in [3.8, 4) is 0 Å². The summed E-state index contributed by atoms with van der Waals surface area (Å²) < 4.78 is 5.28. The van der Waals surface area contributed by atoms with Crippen LogP contribution in [0.3, 0.4) is 0 Å². The molecule has 0 aliphatic rings. The Morgan fingerprint density at radius 3 is 2.65 bits per heavy atom. The van der Waals surface area contributed by atoms with E-state index in [1.807, 2.05) is 17.5 Å². The van der Waals surface area contributed by atoms with Crippen molar-refractivity contribution in [1.82, 2.24) is 10.6 Å². The normalized spacial score (nSPS) is 13.4. The molecule has 2 heterocycles. The highest BCUT2D eigenvalue weighted by Crippen LogP contribution is 2.24. The van der Waals surface area contributed by atoms with Crippen LogP contribution < -0.4 is 10.6 Å². The highest BCUT2D eigenvalue weighted by molar-refractivity contribution is 7.10. The first kappa shape index (κ1) is 17.2. The summed E-state index contributed by atoms with van der Waals surface area (Å²) in [6.45, 7) is 4.99. The first-order valence-corrected chi connectivity index (χ1v) is 8.06. The molecule has 0 aliphatic heterocycles. The van der Waals surface area contributed by atoms with Gasteiger partial charge >= 0.3 is 0 Å². The van der Waals surface area contributed by atoms with Gasteiger partial charge in [0.15, 0.2) is 0 Å². The number of thiophene rings is 1. The second-order valence-corrected chi connectivity index (χ2v) is 6.49. The number of amides is 2. The Morgan fingerprint density at radius 1 is 1.35 bits per heavy atom. The largest absolute Gasteiger partial charge is 0.466 e. The number of carbonyl (C=O) groups excluding carboxylic acids is 2. The molecule has 0 bridgehead atoms. The molecule has 7 heteroatoms. The molecule has 0 aromatic carbocycles. The van der Waals surface area contributed by atoms with E-state index in [1.165, 1.54) is 11.3 Å². The fraction of sp³-hybridized carbons (Fsp3) is 0.375. The lowest BCUT2D eigenvalue weighted by atomic mass is 10.1. The third-order valence-corrected chi connectivity index (χ3v) is 4.50. The predicted octanol–water partition coefficient (Wildman–Crippen LogP) is 1.71. The molecule has 2 rings (SSSR count). The molecule has 2 aromatic heterocycles. The fourth-order valence-electron chi connectivity index (χ4n) is 2.12. The molecule has 0 fully saturated rings. The van der Waals surface area contributed by atoms with Crippen molar-refractivity contribution >= 4 is 23.2 Å². The molecule has 2 aromatic rings. The minimum absolute atomic E-state index is 0.0755. The molecule has 1 atom stereocenters. The van der Waals surface area contributed by atoms with Crippen LogP contribution >= 0.6 is 11.3 Å². The van der Waals surface area contributed by atoms with Crippen molar-refractivity contribution in [3.05, 3.63) is 45.5 Å². The van der Waals surface area contributed by atoms with Gasteiger partial charge in [0, 0.05) is 4.88 Å². The SMILES string of the molecule is Cc1cc(C(=O)NCC(=O)NCC(C)(O)c2cccs2)c(C)o1. The Bertz CT molecular complexity index is 689. The highest BCUT2D eigenvalue weighted by Gasteiger charge is 2.25. The third kappa shape index (κ3) is 4.43. The topological polar surface area (TPSA) is 91.6 Å². The lowest BCUT2D eigenvalue weighted by Gasteiger charge is -2.22.